The molecular formula is C3H5N3O2. The Balaban J connectivity index is 3.75. The van der Waals surface area contributed by atoms with Crippen LogP contribution in [0.3, 0.4) is 0 Å². The second-order valence-corrected chi connectivity index (χ2v) is 1.02. The first-order valence-corrected chi connectivity index (χ1v) is 1.83. The highest BCUT2D eigenvalue weighted by Gasteiger charge is 1.92. The molecule has 2 radical (unpaired) electrons. The van der Waals surface area contributed by atoms with Gasteiger partial charge in [-0.25, -0.2) is 0 Å². The molecule has 0 spiro atoms. The zero-order valence-corrected chi connectivity index (χ0v) is 4.29. The summed E-state index contributed by atoms with van der Waals surface area (Å²) < 4.78 is 0. The Labute approximate surface area is 46.3 Å². The number of hydrogen-bond donors (Lipinski definition) is 0. The van der Waals surface area contributed by atoms with Crippen molar-refractivity contribution in [3.8, 4) is 0 Å². The van der Waals surface area contributed by atoms with Crippen LogP contribution in [0.4, 0.5) is 0 Å². The highest BCUT2D eigenvalue weighted by atomic mass is 16.6. The van der Waals surface area contributed by atoms with Gasteiger partial charge in [0.15, 0.2) is 0 Å². The normalized spacial score (nSPS) is 10.9. The van der Waals surface area contributed by atoms with E-state index >= 15 is 0 Å². The molecule has 0 rings (SSSR count). The standard InChI is InChI=1S/C3H5N3O2/c1-5-3(4)2-6(7)8/h2,4H,1H3. The van der Waals surface area contributed by atoms with E-state index in [9.17, 15) is 10.1 Å². The molecule has 0 atom stereocenters. The number of nitrogens with zero attached hydrogens (tertiary/aromatic N) is 2. The van der Waals surface area contributed by atoms with Crippen molar-refractivity contribution < 1.29 is 4.92 Å². The summed E-state index contributed by atoms with van der Waals surface area (Å²) in [5, 5.41) is 12.7. The summed E-state index contributed by atoms with van der Waals surface area (Å²) in [6.07, 6.45) is 0.528. The molecule has 0 aromatic rings. The molecule has 8 heavy (non-hydrogen) atoms. The van der Waals surface area contributed by atoms with E-state index in [0.29, 0.717) is 6.20 Å². The van der Waals surface area contributed by atoms with Gasteiger partial charge in [-0.15, -0.1) is 0 Å². The Kier molecular flexibility index (Phi) is 2.39. The third-order valence-electron chi connectivity index (χ3n) is 0.469. The van der Waals surface area contributed by atoms with Crippen molar-refractivity contribution in [1.82, 2.24) is 11.1 Å². The van der Waals surface area contributed by atoms with E-state index in [2.05, 4.69) is 5.32 Å². The third kappa shape index (κ3) is 2.95. The van der Waals surface area contributed by atoms with Crippen LogP contribution >= 0.6 is 0 Å². The lowest BCUT2D eigenvalue weighted by atomic mass is 10.8. The quantitative estimate of drug-likeness (QED) is 0.361. The first-order valence-electron chi connectivity index (χ1n) is 1.83. The fourth-order valence-electron chi connectivity index (χ4n) is 0.158. The van der Waals surface area contributed by atoms with Crippen molar-refractivity contribution in [3.63, 3.8) is 0 Å². The van der Waals surface area contributed by atoms with Crippen molar-refractivity contribution >= 4 is 0 Å². The minimum atomic E-state index is -0.713. The number of nitrogens with one attached hydrogen (secondary N) is 1. The zero-order valence-electron chi connectivity index (χ0n) is 4.29. The van der Waals surface area contributed by atoms with Crippen LogP contribution in [-0.4, -0.2) is 12.0 Å². The van der Waals surface area contributed by atoms with Gasteiger partial charge in [0.1, 0.15) is 0 Å². The summed E-state index contributed by atoms with van der Waals surface area (Å²) in [6.45, 7) is 0. The lowest BCUT2D eigenvalue weighted by Crippen LogP contribution is -2.00. The highest BCUT2D eigenvalue weighted by Crippen LogP contribution is 1.78. The Morgan fingerprint density at radius 1 is 2.00 bits per heavy atom. The Morgan fingerprint density at radius 3 is 2.62 bits per heavy atom. The summed E-state index contributed by atoms with van der Waals surface area (Å²) in [5.74, 6) is -0.324. The number of nitro groups is 1. The molecule has 0 aliphatic carbocycles. The van der Waals surface area contributed by atoms with E-state index in [0.717, 1.165) is 0 Å². The van der Waals surface area contributed by atoms with Crippen LogP contribution in [0.15, 0.2) is 12.0 Å². The molecule has 0 aliphatic heterocycles. The van der Waals surface area contributed by atoms with E-state index in [1.165, 1.54) is 7.05 Å². The van der Waals surface area contributed by atoms with Gasteiger partial charge in [0.05, 0.1) is 4.92 Å². The van der Waals surface area contributed by atoms with Crippen LogP contribution in [0.25, 0.3) is 0 Å². The van der Waals surface area contributed by atoms with Crippen LogP contribution in [0.1, 0.15) is 0 Å². The van der Waals surface area contributed by atoms with Crippen molar-refractivity contribution in [2.45, 2.75) is 0 Å². The molecule has 0 aromatic carbocycles. The monoisotopic (exact) mass is 115 g/mol. The predicted molar refractivity (Wildman–Crippen MR) is 26.2 cm³/mol. The van der Waals surface area contributed by atoms with Crippen molar-refractivity contribution in [1.29, 1.82) is 0 Å². The number of rotatable bonds is 2. The molecule has 0 heterocycles. The Morgan fingerprint density at radius 2 is 2.50 bits per heavy atom. The molecule has 0 fully saturated rings. The predicted octanol–water partition coefficient (Wildman–Crippen LogP) is -0.421. The maximum absolute atomic E-state index is 9.52. The summed E-state index contributed by atoms with van der Waals surface area (Å²) in [4.78, 5) is 8.80. The molecule has 1 N–H and O–H groups in total. The lowest BCUT2D eigenvalue weighted by molar-refractivity contribution is -0.403. The fraction of sp³-hybridized carbons (Fsp3) is 0.333. The summed E-state index contributed by atoms with van der Waals surface area (Å²) >= 11 is 0. The molecular weight excluding hydrogens is 110 g/mol. The average Bonchev–Trinajstić information content (AvgIpc) is 1.65. The highest BCUT2D eigenvalue weighted by molar-refractivity contribution is 4.83. The van der Waals surface area contributed by atoms with Gasteiger partial charge >= 0.3 is 0 Å². The van der Waals surface area contributed by atoms with E-state index in [4.69, 9.17) is 5.73 Å². The second kappa shape index (κ2) is 2.84. The maximum Gasteiger partial charge on any atom is 0.277 e. The van der Waals surface area contributed by atoms with Gasteiger partial charge in [-0.2, -0.15) is 0 Å². The third-order valence-corrected chi connectivity index (χ3v) is 0.469. The Hall–Kier alpha value is -1.26. The topological polar surface area (TPSA) is 81.0 Å². The van der Waals surface area contributed by atoms with Gasteiger partial charge in [-0.3, -0.25) is 21.2 Å². The van der Waals surface area contributed by atoms with Crippen LogP contribution in [0.2, 0.25) is 0 Å². The van der Waals surface area contributed by atoms with Gasteiger partial charge in [0.25, 0.3) is 6.20 Å². The second-order valence-electron chi connectivity index (χ2n) is 1.02. The minimum Gasteiger partial charge on any atom is -0.278 e. The number of hydrogen-bond acceptors (Lipinski definition) is 2. The van der Waals surface area contributed by atoms with Gasteiger partial charge in [-0.05, 0) is 0 Å². The zero-order chi connectivity index (χ0) is 6.57. The molecule has 0 unspecified atom stereocenters. The SMILES string of the molecule is C[N]C([NH])=C[N+](=O)[O-]. The molecule has 44 valence electrons. The largest absolute Gasteiger partial charge is 0.278 e. The molecule has 0 amide bonds. The van der Waals surface area contributed by atoms with E-state index in [1.54, 1.807) is 0 Å². The summed E-state index contributed by atoms with van der Waals surface area (Å²) in [6, 6.07) is 0. The van der Waals surface area contributed by atoms with Gasteiger partial charge in [0, 0.05) is 7.05 Å². The molecule has 0 saturated carbocycles. The molecule has 0 aromatic heterocycles. The molecule has 5 nitrogen and oxygen atoms in total. The van der Waals surface area contributed by atoms with Crippen molar-refractivity contribution in [2.75, 3.05) is 7.05 Å². The van der Waals surface area contributed by atoms with Gasteiger partial charge in [-0.1, -0.05) is 0 Å². The lowest BCUT2D eigenvalue weighted by Gasteiger charge is -1.84. The summed E-state index contributed by atoms with van der Waals surface area (Å²) in [5.41, 5.74) is 6.60. The van der Waals surface area contributed by atoms with Crippen LogP contribution in [-0.2, 0) is 0 Å². The Bertz CT molecular complexity index is 120. The van der Waals surface area contributed by atoms with Crippen molar-refractivity contribution in [3.05, 3.63) is 22.1 Å². The van der Waals surface area contributed by atoms with E-state index in [-0.39, 0.29) is 5.82 Å². The fourth-order valence-corrected chi connectivity index (χ4v) is 0.158. The van der Waals surface area contributed by atoms with E-state index in [1.807, 2.05) is 0 Å². The van der Waals surface area contributed by atoms with Crippen LogP contribution in [0, 0.1) is 10.1 Å². The molecule has 0 bridgehead atoms. The van der Waals surface area contributed by atoms with Crippen LogP contribution in [0.5, 0.6) is 0 Å². The molecule has 0 aliphatic rings. The van der Waals surface area contributed by atoms with Crippen LogP contribution < -0.4 is 11.1 Å². The van der Waals surface area contributed by atoms with Gasteiger partial charge < -0.3 is 0 Å². The minimum absolute atomic E-state index is 0.324. The van der Waals surface area contributed by atoms with E-state index < -0.39 is 4.92 Å². The summed E-state index contributed by atoms with van der Waals surface area (Å²) in [7, 11) is 1.32. The molecule has 5 heteroatoms. The smallest absolute Gasteiger partial charge is 0.277 e. The van der Waals surface area contributed by atoms with Gasteiger partial charge in [0.2, 0.25) is 5.82 Å². The first-order chi connectivity index (χ1) is 3.66. The average molecular weight is 115 g/mol. The molecule has 0 saturated heterocycles. The maximum atomic E-state index is 9.52. The van der Waals surface area contributed by atoms with Crippen molar-refractivity contribution in [2.24, 2.45) is 0 Å². The first kappa shape index (κ1) is 6.74.